The second-order valence-corrected chi connectivity index (χ2v) is 7.34. The molecule has 0 amide bonds. The molecule has 0 bridgehead atoms. The van der Waals surface area contributed by atoms with Crippen LogP contribution in [0.4, 0.5) is 8.78 Å². The van der Waals surface area contributed by atoms with Gasteiger partial charge >= 0.3 is 0 Å². The monoisotopic (exact) mass is 400 g/mol. The smallest absolute Gasteiger partial charge is 0.190 e. The van der Waals surface area contributed by atoms with Gasteiger partial charge in [-0.15, -0.1) is 0 Å². The fourth-order valence-electron chi connectivity index (χ4n) is 2.61. The minimum atomic E-state index is -0.842. The first-order chi connectivity index (χ1) is 11.3. The van der Waals surface area contributed by atoms with Crippen molar-refractivity contribution in [1.29, 1.82) is 0 Å². The zero-order chi connectivity index (χ0) is 17.7. The van der Waals surface area contributed by atoms with Gasteiger partial charge in [0, 0.05) is 10.0 Å². The van der Waals surface area contributed by atoms with Gasteiger partial charge in [-0.2, -0.15) is 0 Å². The van der Waals surface area contributed by atoms with Crippen molar-refractivity contribution < 1.29 is 23.1 Å². The van der Waals surface area contributed by atoms with E-state index < -0.39 is 23.5 Å². The SMILES string of the molecule is C[N+](C)(Cc1ccccc1)C[C@@H](O)COc1c(F)cc(Br)cc1F. The lowest BCUT2D eigenvalue weighted by Gasteiger charge is -2.32. The number of halogens is 3. The van der Waals surface area contributed by atoms with E-state index in [1.54, 1.807) is 0 Å². The number of hydrogen-bond acceptors (Lipinski definition) is 2. The highest BCUT2D eigenvalue weighted by molar-refractivity contribution is 9.10. The number of ether oxygens (including phenoxy) is 1. The Balaban J connectivity index is 1.92. The normalized spacial score (nSPS) is 12.9. The second kappa shape index (κ2) is 8.05. The van der Waals surface area contributed by atoms with Crippen molar-refractivity contribution in [2.45, 2.75) is 12.6 Å². The highest BCUT2D eigenvalue weighted by Crippen LogP contribution is 2.26. The number of hydrogen-bond donors (Lipinski definition) is 1. The van der Waals surface area contributed by atoms with Gasteiger partial charge in [-0.25, -0.2) is 8.78 Å². The zero-order valence-electron chi connectivity index (χ0n) is 13.7. The Bertz CT molecular complexity index is 657. The molecule has 6 heteroatoms. The summed E-state index contributed by atoms with van der Waals surface area (Å²) < 4.78 is 33.4. The molecule has 0 heterocycles. The number of rotatable bonds is 7. The Morgan fingerprint density at radius 3 is 2.29 bits per heavy atom. The van der Waals surface area contributed by atoms with E-state index in [1.807, 2.05) is 44.4 Å². The fraction of sp³-hybridized carbons (Fsp3) is 0.333. The van der Waals surface area contributed by atoms with E-state index in [0.29, 0.717) is 15.5 Å². The molecule has 0 spiro atoms. The van der Waals surface area contributed by atoms with Crippen LogP contribution in [0.5, 0.6) is 5.75 Å². The summed E-state index contributed by atoms with van der Waals surface area (Å²) in [5, 5.41) is 10.2. The topological polar surface area (TPSA) is 29.5 Å². The van der Waals surface area contributed by atoms with Crippen molar-refractivity contribution in [3.63, 3.8) is 0 Å². The molecule has 130 valence electrons. The Hall–Kier alpha value is -1.50. The lowest BCUT2D eigenvalue weighted by Crippen LogP contribution is -2.46. The van der Waals surface area contributed by atoms with Crippen LogP contribution in [0.15, 0.2) is 46.9 Å². The highest BCUT2D eigenvalue weighted by Gasteiger charge is 2.22. The minimum Gasteiger partial charge on any atom is -0.485 e. The number of benzene rings is 2. The Morgan fingerprint density at radius 2 is 1.71 bits per heavy atom. The molecule has 0 aliphatic carbocycles. The summed E-state index contributed by atoms with van der Waals surface area (Å²) in [5.41, 5.74) is 1.15. The number of likely N-dealkylation sites (N-methyl/N-ethyl adjacent to an activating group) is 1. The third kappa shape index (κ3) is 5.54. The molecule has 0 unspecified atom stereocenters. The Morgan fingerprint density at radius 1 is 1.12 bits per heavy atom. The van der Waals surface area contributed by atoms with Crippen LogP contribution in [0.1, 0.15) is 5.56 Å². The maximum absolute atomic E-state index is 13.7. The molecule has 0 saturated heterocycles. The first-order valence-corrected chi connectivity index (χ1v) is 8.37. The van der Waals surface area contributed by atoms with E-state index in [4.69, 9.17) is 4.74 Å². The van der Waals surface area contributed by atoms with E-state index in [0.717, 1.165) is 24.2 Å². The molecule has 2 rings (SSSR count). The average molecular weight is 401 g/mol. The van der Waals surface area contributed by atoms with Crippen LogP contribution in [0.2, 0.25) is 0 Å². The highest BCUT2D eigenvalue weighted by atomic mass is 79.9. The molecule has 0 radical (unpaired) electrons. The van der Waals surface area contributed by atoms with Gasteiger partial charge in [0.05, 0.1) is 14.1 Å². The molecule has 0 aliphatic heterocycles. The summed E-state index contributed by atoms with van der Waals surface area (Å²) in [6, 6.07) is 12.2. The maximum Gasteiger partial charge on any atom is 0.190 e. The summed E-state index contributed by atoms with van der Waals surface area (Å²) in [4.78, 5) is 0. The van der Waals surface area contributed by atoms with E-state index in [1.165, 1.54) is 0 Å². The van der Waals surface area contributed by atoms with E-state index in [9.17, 15) is 13.9 Å². The molecular formula is C18H21BrF2NO2+. The summed E-state index contributed by atoms with van der Waals surface area (Å²) in [7, 11) is 3.97. The van der Waals surface area contributed by atoms with Gasteiger partial charge in [-0.3, -0.25) is 0 Å². The van der Waals surface area contributed by atoms with E-state index >= 15 is 0 Å². The van der Waals surface area contributed by atoms with Gasteiger partial charge in [0.25, 0.3) is 0 Å². The molecule has 24 heavy (non-hydrogen) atoms. The summed E-state index contributed by atoms with van der Waals surface area (Å²) in [6.07, 6.45) is -0.842. The number of quaternary nitrogens is 1. The maximum atomic E-state index is 13.7. The molecule has 0 fully saturated rings. The fourth-order valence-corrected chi connectivity index (χ4v) is 3.01. The van der Waals surface area contributed by atoms with Gasteiger partial charge < -0.3 is 14.3 Å². The summed E-state index contributed by atoms with van der Waals surface area (Å²) in [5.74, 6) is -2.06. The Labute approximate surface area is 149 Å². The second-order valence-electron chi connectivity index (χ2n) is 6.43. The van der Waals surface area contributed by atoms with Crippen LogP contribution < -0.4 is 4.74 Å². The van der Waals surface area contributed by atoms with Gasteiger partial charge in [-0.05, 0) is 12.1 Å². The third-order valence-electron chi connectivity index (χ3n) is 3.54. The van der Waals surface area contributed by atoms with Crippen molar-refractivity contribution >= 4 is 15.9 Å². The molecule has 1 N–H and O–H groups in total. The van der Waals surface area contributed by atoms with E-state index in [-0.39, 0.29) is 6.61 Å². The minimum absolute atomic E-state index is 0.175. The molecule has 0 aliphatic rings. The van der Waals surface area contributed by atoms with Crippen molar-refractivity contribution in [2.75, 3.05) is 27.2 Å². The first kappa shape index (κ1) is 18.8. The predicted molar refractivity (Wildman–Crippen MR) is 92.7 cm³/mol. The standard InChI is InChI=1S/C18H21BrF2NO2/c1-22(2,10-13-6-4-3-5-7-13)11-15(23)12-24-18-16(20)8-14(19)9-17(18)21/h3-9,15,23H,10-12H2,1-2H3/q+1/t15-/m1/s1. The van der Waals surface area contributed by atoms with Crippen molar-refractivity contribution in [3.8, 4) is 5.75 Å². The molecular weight excluding hydrogens is 380 g/mol. The van der Waals surface area contributed by atoms with Crippen LogP contribution in [0.25, 0.3) is 0 Å². The van der Waals surface area contributed by atoms with Gasteiger partial charge in [0.15, 0.2) is 17.4 Å². The number of aliphatic hydroxyl groups is 1. The lowest BCUT2D eigenvalue weighted by molar-refractivity contribution is -0.906. The van der Waals surface area contributed by atoms with Crippen molar-refractivity contribution in [1.82, 2.24) is 0 Å². The number of nitrogens with zero attached hydrogens (tertiary/aromatic N) is 1. The quantitative estimate of drug-likeness (QED) is 0.717. The molecule has 0 aromatic heterocycles. The van der Waals surface area contributed by atoms with Gasteiger partial charge in [0.1, 0.15) is 25.8 Å². The van der Waals surface area contributed by atoms with Crippen LogP contribution in [-0.2, 0) is 6.54 Å². The molecule has 1 atom stereocenters. The predicted octanol–water partition coefficient (Wildman–Crippen LogP) is 3.74. The zero-order valence-corrected chi connectivity index (χ0v) is 15.3. The first-order valence-electron chi connectivity index (χ1n) is 7.58. The largest absolute Gasteiger partial charge is 0.485 e. The van der Waals surface area contributed by atoms with Crippen LogP contribution in [0.3, 0.4) is 0 Å². The molecule has 2 aromatic carbocycles. The van der Waals surface area contributed by atoms with E-state index in [2.05, 4.69) is 15.9 Å². The van der Waals surface area contributed by atoms with Crippen LogP contribution in [-0.4, -0.2) is 42.9 Å². The van der Waals surface area contributed by atoms with Crippen molar-refractivity contribution in [2.24, 2.45) is 0 Å². The summed E-state index contributed by atoms with van der Waals surface area (Å²) >= 11 is 3.01. The Kier molecular flexibility index (Phi) is 6.32. The lowest BCUT2D eigenvalue weighted by atomic mass is 10.2. The summed E-state index contributed by atoms with van der Waals surface area (Å²) in [6.45, 7) is 0.958. The average Bonchev–Trinajstić information content (AvgIpc) is 2.45. The van der Waals surface area contributed by atoms with Crippen molar-refractivity contribution in [3.05, 3.63) is 64.1 Å². The van der Waals surface area contributed by atoms with Crippen LogP contribution >= 0.6 is 15.9 Å². The van der Waals surface area contributed by atoms with Gasteiger partial charge in [-0.1, -0.05) is 46.3 Å². The van der Waals surface area contributed by atoms with Gasteiger partial charge in [0.2, 0.25) is 0 Å². The third-order valence-corrected chi connectivity index (χ3v) is 4.00. The molecule has 3 nitrogen and oxygen atoms in total. The molecule has 2 aromatic rings. The molecule has 0 saturated carbocycles. The number of aliphatic hydroxyl groups excluding tert-OH is 1. The van der Waals surface area contributed by atoms with Crippen LogP contribution in [0, 0.1) is 11.6 Å².